The van der Waals surface area contributed by atoms with Gasteiger partial charge in [-0.05, 0) is 18.6 Å². The van der Waals surface area contributed by atoms with Crippen LogP contribution in [0.25, 0.3) is 0 Å². The lowest BCUT2D eigenvalue weighted by atomic mass is 10.0. The van der Waals surface area contributed by atoms with Crippen LogP contribution in [0.3, 0.4) is 0 Å². The molecule has 0 spiro atoms. The Morgan fingerprint density at radius 1 is 1.33 bits per heavy atom. The highest BCUT2D eigenvalue weighted by molar-refractivity contribution is 5.36. The van der Waals surface area contributed by atoms with Gasteiger partial charge in [-0.15, -0.1) is 0 Å². The number of hydrogen-bond donors (Lipinski definition) is 1. The van der Waals surface area contributed by atoms with E-state index < -0.39 is 12.7 Å². The van der Waals surface area contributed by atoms with E-state index in [1.807, 2.05) is 20.0 Å². The van der Waals surface area contributed by atoms with E-state index in [0.29, 0.717) is 12.0 Å². The SMILES string of the molecule is CCc1cc(CC(N)c2ccccc2OC(F)F)n(C)n1. The molecule has 0 radical (unpaired) electrons. The molecule has 0 bridgehead atoms. The smallest absolute Gasteiger partial charge is 0.387 e. The lowest BCUT2D eigenvalue weighted by molar-refractivity contribution is -0.0506. The van der Waals surface area contributed by atoms with Crippen LogP contribution in [0, 0.1) is 0 Å². The highest BCUT2D eigenvalue weighted by Crippen LogP contribution is 2.27. The number of aryl methyl sites for hydroxylation is 2. The third-order valence-electron chi connectivity index (χ3n) is 3.35. The van der Waals surface area contributed by atoms with E-state index in [4.69, 9.17) is 5.73 Å². The van der Waals surface area contributed by atoms with Crippen LogP contribution in [-0.2, 0) is 19.9 Å². The zero-order chi connectivity index (χ0) is 15.4. The first kappa shape index (κ1) is 15.4. The minimum atomic E-state index is -2.86. The molecule has 6 heteroatoms. The van der Waals surface area contributed by atoms with E-state index in [2.05, 4.69) is 9.84 Å². The standard InChI is InChI=1S/C15H19F2N3O/c1-3-10-8-11(20(2)19-10)9-13(18)12-6-4-5-7-14(12)21-15(16)17/h4-8,13,15H,3,9,18H2,1-2H3. The fourth-order valence-corrected chi connectivity index (χ4v) is 2.26. The predicted octanol–water partition coefficient (Wildman–Crippen LogP) is 2.83. The summed E-state index contributed by atoms with van der Waals surface area (Å²) in [5.74, 6) is 0.123. The van der Waals surface area contributed by atoms with Crippen LogP contribution < -0.4 is 10.5 Å². The molecule has 0 saturated heterocycles. The van der Waals surface area contributed by atoms with Crippen LogP contribution in [0.15, 0.2) is 30.3 Å². The van der Waals surface area contributed by atoms with Gasteiger partial charge in [0, 0.05) is 30.8 Å². The number of hydrogen-bond acceptors (Lipinski definition) is 3. The number of alkyl halides is 2. The van der Waals surface area contributed by atoms with E-state index in [9.17, 15) is 8.78 Å². The Morgan fingerprint density at radius 3 is 2.67 bits per heavy atom. The van der Waals surface area contributed by atoms with Crippen molar-refractivity contribution in [1.29, 1.82) is 0 Å². The van der Waals surface area contributed by atoms with Crippen LogP contribution in [0.1, 0.15) is 29.9 Å². The average Bonchev–Trinajstić information content (AvgIpc) is 2.79. The van der Waals surface area contributed by atoms with Crippen molar-refractivity contribution in [3.63, 3.8) is 0 Å². The number of nitrogens with zero attached hydrogens (tertiary/aromatic N) is 2. The Hall–Kier alpha value is -1.95. The summed E-state index contributed by atoms with van der Waals surface area (Å²) in [7, 11) is 1.85. The average molecular weight is 295 g/mol. The zero-order valence-corrected chi connectivity index (χ0v) is 12.1. The maximum absolute atomic E-state index is 12.4. The monoisotopic (exact) mass is 295 g/mol. The molecule has 1 unspecified atom stereocenters. The number of rotatable bonds is 6. The van der Waals surface area contributed by atoms with Gasteiger partial charge in [0.2, 0.25) is 0 Å². The van der Waals surface area contributed by atoms with Gasteiger partial charge in [0.25, 0.3) is 0 Å². The Labute approximate surface area is 122 Å². The Morgan fingerprint density at radius 2 is 2.05 bits per heavy atom. The molecule has 0 aliphatic carbocycles. The van der Waals surface area contributed by atoms with E-state index in [1.54, 1.807) is 22.9 Å². The molecule has 4 nitrogen and oxygen atoms in total. The van der Waals surface area contributed by atoms with Gasteiger partial charge in [-0.25, -0.2) is 0 Å². The van der Waals surface area contributed by atoms with Crippen molar-refractivity contribution in [2.75, 3.05) is 0 Å². The summed E-state index contributed by atoms with van der Waals surface area (Å²) in [5.41, 5.74) is 8.67. The minimum Gasteiger partial charge on any atom is -0.434 e. The van der Waals surface area contributed by atoms with Crippen LogP contribution in [0.5, 0.6) is 5.75 Å². The number of aromatic nitrogens is 2. The van der Waals surface area contributed by atoms with Gasteiger partial charge in [0.05, 0.1) is 5.69 Å². The van der Waals surface area contributed by atoms with Crippen molar-refractivity contribution in [3.05, 3.63) is 47.3 Å². The molecule has 0 aliphatic heterocycles. The molecular formula is C15H19F2N3O. The first-order valence-corrected chi connectivity index (χ1v) is 6.82. The summed E-state index contributed by atoms with van der Waals surface area (Å²) in [5, 5.41) is 4.36. The van der Waals surface area contributed by atoms with Crippen molar-refractivity contribution >= 4 is 0 Å². The van der Waals surface area contributed by atoms with Gasteiger partial charge in [0.15, 0.2) is 0 Å². The third-order valence-corrected chi connectivity index (χ3v) is 3.35. The molecule has 1 aromatic heterocycles. The van der Waals surface area contributed by atoms with Crippen LogP contribution >= 0.6 is 0 Å². The molecule has 114 valence electrons. The van der Waals surface area contributed by atoms with Crippen molar-refractivity contribution in [2.45, 2.75) is 32.4 Å². The van der Waals surface area contributed by atoms with Gasteiger partial charge in [-0.3, -0.25) is 4.68 Å². The van der Waals surface area contributed by atoms with Crippen LogP contribution in [0.2, 0.25) is 0 Å². The van der Waals surface area contributed by atoms with Crippen molar-refractivity contribution in [1.82, 2.24) is 9.78 Å². The lowest BCUT2D eigenvalue weighted by Gasteiger charge is -2.16. The predicted molar refractivity (Wildman–Crippen MR) is 76.3 cm³/mol. The Kier molecular flexibility index (Phi) is 4.90. The zero-order valence-electron chi connectivity index (χ0n) is 12.1. The van der Waals surface area contributed by atoms with Gasteiger partial charge in [0.1, 0.15) is 5.75 Å². The molecule has 0 amide bonds. The number of nitrogens with two attached hydrogens (primary N) is 1. The topological polar surface area (TPSA) is 53.1 Å². The third kappa shape index (κ3) is 3.78. The van der Waals surface area contributed by atoms with Crippen molar-refractivity contribution in [2.24, 2.45) is 12.8 Å². The molecule has 2 aromatic rings. The lowest BCUT2D eigenvalue weighted by Crippen LogP contribution is -2.17. The van der Waals surface area contributed by atoms with Gasteiger partial charge in [-0.1, -0.05) is 25.1 Å². The van der Waals surface area contributed by atoms with Gasteiger partial charge in [-0.2, -0.15) is 13.9 Å². The van der Waals surface area contributed by atoms with Crippen molar-refractivity contribution < 1.29 is 13.5 Å². The van der Waals surface area contributed by atoms with E-state index in [-0.39, 0.29) is 5.75 Å². The molecule has 1 atom stereocenters. The fourth-order valence-electron chi connectivity index (χ4n) is 2.26. The second-order valence-electron chi connectivity index (χ2n) is 4.83. The Balaban J connectivity index is 2.19. The maximum Gasteiger partial charge on any atom is 0.387 e. The fraction of sp³-hybridized carbons (Fsp3) is 0.400. The molecule has 0 saturated carbocycles. The van der Waals surface area contributed by atoms with Crippen LogP contribution in [0.4, 0.5) is 8.78 Å². The quantitative estimate of drug-likeness (QED) is 0.891. The Bertz CT molecular complexity index is 598. The molecule has 0 aliphatic rings. The van der Waals surface area contributed by atoms with Crippen LogP contribution in [-0.4, -0.2) is 16.4 Å². The molecule has 2 N–H and O–H groups in total. The second kappa shape index (κ2) is 6.67. The number of ether oxygens (including phenoxy) is 1. The van der Waals surface area contributed by atoms with E-state index >= 15 is 0 Å². The normalized spacial score (nSPS) is 12.7. The first-order valence-electron chi connectivity index (χ1n) is 6.82. The number of benzene rings is 1. The maximum atomic E-state index is 12.4. The van der Waals surface area contributed by atoms with E-state index in [0.717, 1.165) is 17.8 Å². The molecular weight excluding hydrogens is 276 g/mol. The number of para-hydroxylation sites is 1. The second-order valence-corrected chi connectivity index (χ2v) is 4.83. The van der Waals surface area contributed by atoms with Gasteiger partial charge >= 0.3 is 6.61 Å². The summed E-state index contributed by atoms with van der Waals surface area (Å²) in [6.07, 6.45) is 1.35. The summed E-state index contributed by atoms with van der Waals surface area (Å²) in [4.78, 5) is 0. The summed E-state index contributed by atoms with van der Waals surface area (Å²) in [6, 6.07) is 8.17. The van der Waals surface area contributed by atoms with E-state index in [1.165, 1.54) is 6.07 Å². The van der Waals surface area contributed by atoms with Gasteiger partial charge < -0.3 is 10.5 Å². The first-order chi connectivity index (χ1) is 10.0. The molecule has 2 rings (SSSR count). The highest BCUT2D eigenvalue weighted by atomic mass is 19.3. The summed E-state index contributed by atoms with van der Waals surface area (Å²) < 4.78 is 31.2. The summed E-state index contributed by atoms with van der Waals surface area (Å²) >= 11 is 0. The number of halogens is 2. The van der Waals surface area contributed by atoms with Crippen molar-refractivity contribution in [3.8, 4) is 5.75 Å². The minimum absolute atomic E-state index is 0.123. The largest absolute Gasteiger partial charge is 0.434 e. The molecule has 1 aromatic carbocycles. The molecule has 1 heterocycles. The summed E-state index contributed by atoms with van der Waals surface area (Å²) in [6.45, 7) is -0.834. The highest BCUT2D eigenvalue weighted by Gasteiger charge is 2.17. The molecule has 0 fully saturated rings. The molecule has 21 heavy (non-hydrogen) atoms.